The van der Waals surface area contributed by atoms with E-state index in [2.05, 4.69) is 24.3 Å². The van der Waals surface area contributed by atoms with Crippen LogP contribution in [-0.4, -0.2) is 37.2 Å². The third-order valence-corrected chi connectivity index (χ3v) is 7.51. The van der Waals surface area contributed by atoms with Gasteiger partial charge in [0, 0.05) is 17.8 Å². The fourth-order valence-electron chi connectivity index (χ4n) is 5.45. The molecule has 38 heavy (non-hydrogen) atoms. The Hall–Kier alpha value is -3.55. The third-order valence-electron chi connectivity index (χ3n) is 7.51. The second-order valence-electron chi connectivity index (χ2n) is 10.7. The number of fused-ring (bicyclic) bond motifs is 1. The van der Waals surface area contributed by atoms with Crippen LogP contribution in [0.15, 0.2) is 42.5 Å². The number of hydrogen-bond donors (Lipinski definition) is 2. The Labute approximate surface area is 224 Å². The second kappa shape index (κ2) is 12.3. The lowest BCUT2D eigenvalue weighted by Gasteiger charge is -2.17. The zero-order valence-electron chi connectivity index (χ0n) is 22.2. The maximum atomic E-state index is 12.6. The van der Waals surface area contributed by atoms with Crippen molar-refractivity contribution in [3.8, 4) is 0 Å². The molecular formula is C30H38N2O6. The quantitative estimate of drug-likeness (QED) is 0.199. The number of rotatable bonds is 10. The molecule has 0 bridgehead atoms. The number of nitrogens with two attached hydrogens (primary N) is 2. The van der Waals surface area contributed by atoms with Crippen molar-refractivity contribution in [1.29, 1.82) is 0 Å². The summed E-state index contributed by atoms with van der Waals surface area (Å²) in [6.07, 6.45) is 4.60. The number of carbonyl (C=O) groups excluding carboxylic acids is 3. The van der Waals surface area contributed by atoms with Crippen LogP contribution in [0.2, 0.25) is 0 Å². The van der Waals surface area contributed by atoms with Crippen LogP contribution in [0.1, 0.15) is 73.4 Å². The molecule has 0 heterocycles. The minimum Gasteiger partial charge on any atom is -0.462 e. The molecule has 0 radical (unpaired) electrons. The minimum atomic E-state index is -0.366. The third kappa shape index (κ3) is 7.27. The topological polar surface area (TPSA) is 131 Å². The summed E-state index contributed by atoms with van der Waals surface area (Å²) in [5, 5.41) is 0. The first-order valence-corrected chi connectivity index (χ1v) is 13.5. The van der Waals surface area contributed by atoms with Gasteiger partial charge >= 0.3 is 17.9 Å². The van der Waals surface area contributed by atoms with Crippen molar-refractivity contribution in [2.75, 3.05) is 24.7 Å². The molecule has 8 heteroatoms. The second-order valence-corrected chi connectivity index (χ2v) is 10.7. The molecule has 0 amide bonds. The molecule has 2 atom stereocenters. The lowest BCUT2D eigenvalue weighted by molar-refractivity contribution is -0.154. The van der Waals surface area contributed by atoms with Gasteiger partial charge in [-0.05, 0) is 79.2 Å². The maximum absolute atomic E-state index is 12.6. The molecule has 2 aromatic carbocycles. The molecule has 2 aliphatic rings. The maximum Gasteiger partial charge on any atom is 0.338 e. The number of anilines is 2. The average Bonchev–Trinajstić information content (AvgIpc) is 3.61. The van der Waals surface area contributed by atoms with Crippen molar-refractivity contribution in [3.05, 3.63) is 59.2 Å². The van der Waals surface area contributed by atoms with Crippen LogP contribution in [0.4, 0.5) is 11.4 Å². The normalized spacial score (nSPS) is 22.2. The van der Waals surface area contributed by atoms with Crippen molar-refractivity contribution in [2.24, 2.45) is 17.8 Å². The van der Waals surface area contributed by atoms with Gasteiger partial charge in [0.05, 0.1) is 11.5 Å². The highest BCUT2D eigenvalue weighted by Crippen LogP contribution is 2.60. The van der Waals surface area contributed by atoms with E-state index < -0.39 is 0 Å². The summed E-state index contributed by atoms with van der Waals surface area (Å²) in [6.45, 7) is 3.68. The number of ether oxygens (including phenoxy) is 3. The molecule has 0 spiro atoms. The predicted molar refractivity (Wildman–Crippen MR) is 144 cm³/mol. The van der Waals surface area contributed by atoms with Gasteiger partial charge in [0.15, 0.2) is 0 Å². The van der Waals surface area contributed by atoms with Crippen LogP contribution >= 0.6 is 0 Å². The van der Waals surface area contributed by atoms with Gasteiger partial charge in [-0.3, -0.25) is 9.59 Å². The Morgan fingerprint density at radius 1 is 0.868 bits per heavy atom. The monoisotopic (exact) mass is 522 g/mol. The molecule has 4 rings (SSSR count). The van der Waals surface area contributed by atoms with Crippen LogP contribution in [0, 0.1) is 17.8 Å². The van der Waals surface area contributed by atoms with E-state index in [4.69, 9.17) is 25.7 Å². The lowest BCUT2D eigenvalue weighted by Crippen LogP contribution is -2.18. The molecule has 0 saturated heterocycles. The highest BCUT2D eigenvalue weighted by molar-refractivity contribution is 5.91. The average molecular weight is 523 g/mol. The molecule has 204 valence electrons. The van der Waals surface area contributed by atoms with Gasteiger partial charge in [0.2, 0.25) is 0 Å². The van der Waals surface area contributed by atoms with Gasteiger partial charge in [-0.1, -0.05) is 38.1 Å². The first-order chi connectivity index (χ1) is 18.2. The Morgan fingerprint density at radius 3 is 2.08 bits per heavy atom. The molecule has 0 aliphatic heterocycles. The molecule has 4 N–H and O–H groups in total. The number of aryl methyl sites for hydroxylation is 1. The van der Waals surface area contributed by atoms with Gasteiger partial charge in [-0.15, -0.1) is 0 Å². The molecule has 2 unspecified atom stereocenters. The molecule has 2 aliphatic carbocycles. The molecule has 2 aromatic rings. The fourth-order valence-corrected chi connectivity index (χ4v) is 5.45. The standard InChI is InChI=1S/C30H38N2O6/c1-18(2)29(34)37-14-13-36-27(33)12-5-19-3-6-20(7-4-19)28-25-10-8-24(9-11-26(25)28)38-30(35)21-15-22(31)17-23(32)16-21/h3-4,6-7,15-18,24-26,28H,5,8-14,31-32H2,1-2H3. The summed E-state index contributed by atoms with van der Waals surface area (Å²) in [5.41, 5.74) is 15.3. The summed E-state index contributed by atoms with van der Waals surface area (Å²) < 4.78 is 15.9. The van der Waals surface area contributed by atoms with E-state index in [1.165, 1.54) is 5.56 Å². The van der Waals surface area contributed by atoms with E-state index >= 15 is 0 Å². The van der Waals surface area contributed by atoms with Gasteiger partial charge < -0.3 is 25.7 Å². The highest BCUT2D eigenvalue weighted by Gasteiger charge is 2.51. The van der Waals surface area contributed by atoms with Crippen molar-refractivity contribution in [2.45, 2.75) is 64.4 Å². The summed E-state index contributed by atoms with van der Waals surface area (Å²) in [7, 11) is 0. The van der Waals surface area contributed by atoms with Crippen LogP contribution in [0.5, 0.6) is 0 Å². The lowest BCUT2D eigenvalue weighted by atomic mass is 9.99. The zero-order valence-corrected chi connectivity index (χ0v) is 22.2. The SMILES string of the molecule is CC(C)C(=O)OCCOC(=O)CCc1ccc(C2C3CCC(OC(=O)c4cc(N)cc(N)c4)CCC32)cc1. The minimum absolute atomic E-state index is 0.0796. The van der Waals surface area contributed by atoms with Gasteiger partial charge in [-0.2, -0.15) is 0 Å². The molecule has 2 fully saturated rings. The Bertz CT molecular complexity index is 1110. The van der Waals surface area contributed by atoms with E-state index in [9.17, 15) is 14.4 Å². The van der Waals surface area contributed by atoms with Crippen LogP contribution in [0.25, 0.3) is 0 Å². The summed E-state index contributed by atoms with van der Waals surface area (Å²) >= 11 is 0. The van der Waals surface area contributed by atoms with E-state index in [0.29, 0.717) is 41.1 Å². The number of carbonyl (C=O) groups is 3. The fraction of sp³-hybridized carbons (Fsp3) is 0.500. The zero-order chi connectivity index (χ0) is 27.2. The van der Waals surface area contributed by atoms with Crippen LogP contribution < -0.4 is 11.5 Å². The number of nitrogen functional groups attached to an aromatic ring is 2. The highest BCUT2D eigenvalue weighted by atomic mass is 16.6. The van der Waals surface area contributed by atoms with Crippen molar-refractivity contribution in [3.63, 3.8) is 0 Å². The smallest absolute Gasteiger partial charge is 0.338 e. The summed E-state index contributed by atoms with van der Waals surface area (Å²) in [6, 6.07) is 13.3. The molecule has 0 aromatic heterocycles. The number of hydrogen-bond acceptors (Lipinski definition) is 8. The Morgan fingerprint density at radius 2 is 1.47 bits per heavy atom. The van der Waals surface area contributed by atoms with Crippen LogP contribution in [-0.2, 0) is 30.2 Å². The van der Waals surface area contributed by atoms with E-state index in [0.717, 1.165) is 31.2 Å². The van der Waals surface area contributed by atoms with Crippen molar-refractivity contribution < 1.29 is 28.6 Å². The van der Waals surface area contributed by atoms with Crippen molar-refractivity contribution in [1.82, 2.24) is 0 Å². The first kappa shape index (κ1) is 27.5. The molecular weight excluding hydrogens is 484 g/mol. The van der Waals surface area contributed by atoms with Crippen LogP contribution in [0.3, 0.4) is 0 Å². The Kier molecular flexibility index (Phi) is 8.92. The van der Waals surface area contributed by atoms with Crippen molar-refractivity contribution >= 4 is 29.3 Å². The largest absolute Gasteiger partial charge is 0.462 e. The first-order valence-electron chi connectivity index (χ1n) is 13.5. The van der Waals surface area contributed by atoms with Gasteiger partial charge in [-0.25, -0.2) is 4.79 Å². The predicted octanol–water partition coefficient (Wildman–Crippen LogP) is 4.66. The molecule has 2 saturated carbocycles. The van der Waals surface area contributed by atoms with Gasteiger partial charge in [0.1, 0.15) is 19.3 Å². The van der Waals surface area contributed by atoms with Gasteiger partial charge in [0.25, 0.3) is 0 Å². The van der Waals surface area contributed by atoms with E-state index in [1.807, 2.05) is 0 Å². The Balaban J connectivity index is 1.17. The summed E-state index contributed by atoms with van der Waals surface area (Å²) in [5.74, 6) is 0.632. The van der Waals surface area contributed by atoms with E-state index in [-0.39, 0.29) is 49.6 Å². The summed E-state index contributed by atoms with van der Waals surface area (Å²) in [4.78, 5) is 36.0. The van der Waals surface area contributed by atoms with E-state index in [1.54, 1.807) is 32.0 Å². The number of esters is 3. The molecule has 8 nitrogen and oxygen atoms in total. The number of benzene rings is 2.